The summed E-state index contributed by atoms with van der Waals surface area (Å²) in [7, 11) is 0. The van der Waals surface area contributed by atoms with Gasteiger partial charge in [-0.2, -0.15) is 5.10 Å². The molecule has 3 saturated carbocycles. The zero-order valence-electron chi connectivity index (χ0n) is 24.7. The molecule has 1 heterocycles. The molecule has 5 aliphatic carbocycles. The fraction of sp³-hybridized carbons (Fsp3) is 0.818. The molecule has 4 heteroatoms. The lowest BCUT2D eigenvalue weighted by molar-refractivity contribution is -0.181. The molecule has 3 fully saturated rings. The van der Waals surface area contributed by atoms with E-state index in [0.717, 1.165) is 44.9 Å². The highest BCUT2D eigenvalue weighted by Gasteiger charge is 2.69. The summed E-state index contributed by atoms with van der Waals surface area (Å²) in [5.41, 5.74) is 5.13. The molecule has 0 radical (unpaired) electrons. The number of hydrogen-bond donors (Lipinski definition) is 1. The van der Waals surface area contributed by atoms with Crippen LogP contribution in [0.5, 0.6) is 0 Å². The zero-order chi connectivity index (χ0) is 26.6. The average molecular weight is 507 g/mol. The van der Waals surface area contributed by atoms with Crippen LogP contribution in [0.4, 0.5) is 0 Å². The summed E-state index contributed by atoms with van der Waals surface area (Å²) in [6.07, 6.45) is 14.9. The van der Waals surface area contributed by atoms with Gasteiger partial charge in [-0.1, -0.05) is 60.1 Å². The highest BCUT2D eigenvalue weighted by atomic mass is 16.5. The quantitative estimate of drug-likeness (QED) is 0.329. The smallest absolute Gasteiger partial charge is 0.312 e. The number of aromatic nitrogens is 2. The lowest BCUT2D eigenvalue weighted by Crippen LogP contribution is -2.64. The van der Waals surface area contributed by atoms with Gasteiger partial charge in [0, 0.05) is 11.1 Å². The molecule has 1 N–H and O–H groups in total. The van der Waals surface area contributed by atoms with Crippen molar-refractivity contribution in [2.24, 2.45) is 44.8 Å². The molecule has 1 aromatic rings. The molecule has 6 rings (SSSR count). The van der Waals surface area contributed by atoms with Crippen molar-refractivity contribution in [3.05, 3.63) is 29.1 Å². The summed E-state index contributed by atoms with van der Waals surface area (Å²) in [6, 6.07) is 0. The van der Waals surface area contributed by atoms with E-state index in [9.17, 15) is 4.79 Å². The van der Waals surface area contributed by atoms with Gasteiger partial charge in [0.1, 0.15) is 0 Å². The molecule has 5 aliphatic rings. The van der Waals surface area contributed by atoms with E-state index >= 15 is 0 Å². The Balaban J connectivity index is 1.45. The van der Waals surface area contributed by atoms with Crippen molar-refractivity contribution in [1.29, 1.82) is 0 Å². The lowest BCUT2D eigenvalue weighted by Gasteiger charge is -2.70. The minimum absolute atomic E-state index is 0.0860. The van der Waals surface area contributed by atoms with Crippen molar-refractivity contribution in [1.82, 2.24) is 10.2 Å². The number of hydrogen-bond acceptors (Lipinski definition) is 3. The van der Waals surface area contributed by atoms with E-state index in [4.69, 9.17) is 4.74 Å². The number of aromatic amines is 1. The molecule has 7 atom stereocenters. The molecule has 0 saturated heterocycles. The van der Waals surface area contributed by atoms with Gasteiger partial charge in [0.15, 0.2) is 0 Å². The first-order valence-electron chi connectivity index (χ1n) is 15.2. The minimum Gasteiger partial charge on any atom is -0.466 e. The van der Waals surface area contributed by atoms with Gasteiger partial charge in [-0.3, -0.25) is 9.89 Å². The lowest BCUT2D eigenvalue weighted by atomic mass is 9.33. The highest BCUT2D eigenvalue weighted by Crippen LogP contribution is 2.75. The number of ether oxygens (including phenoxy) is 1. The summed E-state index contributed by atoms with van der Waals surface area (Å²) in [5.74, 6) is 1.70. The van der Waals surface area contributed by atoms with Gasteiger partial charge in [0.2, 0.25) is 0 Å². The third-order valence-electron chi connectivity index (χ3n) is 13.4. The Kier molecular flexibility index (Phi) is 5.38. The van der Waals surface area contributed by atoms with E-state index < -0.39 is 0 Å². The van der Waals surface area contributed by atoms with E-state index in [1.54, 1.807) is 5.57 Å². The number of nitrogens with one attached hydrogen (secondary N) is 1. The highest BCUT2D eigenvalue weighted by molar-refractivity contribution is 5.78. The van der Waals surface area contributed by atoms with E-state index in [1.165, 1.54) is 24.1 Å². The maximum atomic E-state index is 13.7. The molecule has 37 heavy (non-hydrogen) atoms. The monoisotopic (exact) mass is 506 g/mol. The van der Waals surface area contributed by atoms with Crippen molar-refractivity contribution in [3.8, 4) is 0 Å². The molecular formula is C33H50N2O2. The molecule has 1 aromatic heterocycles. The van der Waals surface area contributed by atoms with Crippen LogP contribution in [-0.2, 0) is 21.4 Å². The first kappa shape index (κ1) is 25.7. The molecular weight excluding hydrogens is 456 g/mol. The Hall–Kier alpha value is -1.58. The molecule has 0 aromatic carbocycles. The van der Waals surface area contributed by atoms with Crippen LogP contribution in [0.25, 0.3) is 0 Å². The predicted octanol–water partition coefficient (Wildman–Crippen LogP) is 7.79. The first-order chi connectivity index (χ1) is 17.3. The van der Waals surface area contributed by atoms with E-state index in [-0.39, 0.29) is 38.5 Å². The van der Waals surface area contributed by atoms with Gasteiger partial charge in [-0.25, -0.2) is 0 Å². The Morgan fingerprint density at radius 3 is 2.49 bits per heavy atom. The van der Waals surface area contributed by atoms with Gasteiger partial charge in [-0.05, 0) is 110 Å². The van der Waals surface area contributed by atoms with Crippen molar-refractivity contribution in [3.63, 3.8) is 0 Å². The van der Waals surface area contributed by atoms with Crippen molar-refractivity contribution >= 4 is 5.97 Å². The fourth-order valence-corrected chi connectivity index (χ4v) is 11.3. The maximum Gasteiger partial charge on any atom is 0.312 e. The van der Waals surface area contributed by atoms with E-state index in [1.807, 2.05) is 6.92 Å². The van der Waals surface area contributed by atoms with Gasteiger partial charge >= 0.3 is 5.97 Å². The van der Waals surface area contributed by atoms with Crippen molar-refractivity contribution < 1.29 is 9.53 Å². The van der Waals surface area contributed by atoms with Crippen LogP contribution in [0.3, 0.4) is 0 Å². The fourth-order valence-electron chi connectivity index (χ4n) is 11.3. The second-order valence-corrected chi connectivity index (χ2v) is 15.8. The second kappa shape index (κ2) is 7.75. The summed E-state index contributed by atoms with van der Waals surface area (Å²) >= 11 is 0. The van der Waals surface area contributed by atoms with Crippen LogP contribution in [-0.4, -0.2) is 22.8 Å². The number of allylic oxidation sites excluding steroid dienone is 2. The standard InChI is InChI=1S/C33H50N2O2/c1-9-37-27(36)33-16-14-28(2,3)19-23(33)22-10-11-25-30(6)18-21-20-34-35-26(21)29(4,5)24(30)12-13-32(25,8)31(22,7)15-17-33/h10,20,23-25H,9,11-19H2,1-8H3,(H,34,35)/t23-,24+,25+,30-,31+,32+,33-/m0/s1. The maximum absolute atomic E-state index is 13.7. The van der Waals surface area contributed by atoms with E-state index in [2.05, 4.69) is 70.9 Å². The van der Waals surface area contributed by atoms with Crippen molar-refractivity contribution in [2.45, 2.75) is 119 Å². The summed E-state index contributed by atoms with van der Waals surface area (Å²) in [4.78, 5) is 13.7. The Morgan fingerprint density at radius 1 is 1.03 bits per heavy atom. The number of carbonyl (C=O) groups is 1. The third kappa shape index (κ3) is 3.14. The van der Waals surface area contributed by atoms with Crippen LogP contribution in [0, 0.1) is 44.8 Å². The minimum atomic E-state index is -0.320. The predicted molar refractivity (Wildman–Crippen MR) is 148 cm³/mol. The number of H-pyrrole nitrogens is 1. The Morgan fingerprint density at radius 2 is 1.76 bits per heavy atom. The summed E-state index contributed by atoms with van der Waals surface area (Å²) in [6.45, 7) is 20.1. The largest absolute Gasteiger partial charge is 0.466 e. The molecule has 4 nitrogen and oxygen atoms in total. The summed E-state index contributed by atoms with van der Waals surface area (Å²) in [5, 5.41) is 7.90. The van der Waals surface area contributed by atoms with Crippen LogP contribution >= 0.6 is 0 Å². The molecule has 0 unspecified atom stereocenters. The number of fused-ring (bicyclic) bond motifs is 8. The van der Waals surface area contributed by atoms with Crippen LogP contribution < -0.4 is 0 Å². The van der Waals surface area contributed by atoms with Gasteiger partial charge in [0.05, 0.1) is 18.2 Å². The first-order valence-corrected chi connectivity index (χ1v) is 15.2. The number of rotatable bonds is 2. The van der Waals surface area contributed by atoms with Crippen LogP contribution in [0.1, 0.15) is 118 Å². The third-order valence-corrected chi connectivity index (χ3v) is 13.4. The SMILES string of the molecule is CCOC(=O)[C@]12CCC(C)(C)C[C@H]1C1=CC[C@@H]3[C@@]4(C)Cc5cn[nH]c5C(C)(C)[C@H]4CC[C@@]3(C)[C@]1(C)CC2. The topological polar surface area (TPSA) is 55.0 Å². The average Bonchev–Trinajstić information content (AvgIpc) is 3.28. The molecule has 0 aliphatic heterocycles. The van der Waals surface area contributed by atoms with Gasteiger partial charge in [0.25, 0.3) is 0 Å². The van der Waals surface area contributed by atoms with Crippen LogP contribution in [0.15, 0.2) is 17.8 Å². The number of esters is 1. The normalized spacial score (nSPS) is 45.3. The molecule has 0 spiro atoms. The zero-order valence-corrected chi connectivity index (χ0v) is 24.7. The van der Waals surface area contributed by atoms with E-state index in [0.29, 0.717) is 24.4 Å². The summed E-state index contributed by atoms with van der Waals surface area (Å²) < 4.78 is 5.81. The molecule has 204 valence electrons. The van der Waals surface area contributed by atoms with Crippen molar-refractivity contribution in [2.75, 3.05) is 6.61 Å². The second-order valence-electron chi connectivity index (χ2n) is 15.8. The van der Waals surface area contributed by atoms with Gasteiger partial charge in [-0.15, -0.1) is 0 Å². The molecule has 0 bridgehead atoms. The number of nitrogens with zero attached hydrogens (tertiary/aromatic N) is 1. The Bertz CT molecular complexity index is 1140. The van der Waals surface area contributed by atoms with Gasteiger partial charge < -0.3 is 4.74 Å². The number of carbonyl (C=O) groups excluding carboxylic acids is 1. The Labute approximate surface area is 224 Å². The van der Waals surface area contributed by atoms with Crippen LogP contribution in [0.2, 0.25) is 0 Å². The molecule has 0 amide bonds.